The van der Waals surface area contributed by atoms with Gasteiger partial charge < -0.3 is 5.32 Å². The zero-order valence-electron chi connectivity index (χ0n) is 13.9. The van der Waals surface area contributed by atoms with Crippen molar-refractivity contribution in [3.63, 3.8) is 0 Å². The molecule has 4 rings (SSSR count). The van der Waals surface area contributed by atoms with Crippen molar-refractivity contribution >= 4 is 29.2 Å². The van der Waals surface area contributed by atoms with Crippen molar-refractivity contribution in [2.45, 2.75) is 11.5 Å². The summed E-state index contributed by atoms with van der Waals surface area (Å²) < 4.78 is 14.8. The molecule has 1 aliphatic rings. The summed E-state index contributed by atoms with van der Waals surface area (Å²) in [5, 5.41) is 18.5. The fraction of sp³-hybridized carbons (Fsp3) is 0.111. The average Bonchev–Trinajstić information content (AvgIpc) is 3.25. The molecule has 0 saturated carbocycles. The molecule has 0 fully saturated rings. The lowest BCUT2D eigenvalue weighted by atomic mass is 10.1. The van der Waals surface area contributed by atoms with E-state index in [4.69, 9.17) is 0 Å². The van der Waals surface area contributed by atoms with Gasteiger partial charge in [0, 0.05) is 23.1 Å². The fourth-order valence-corrected chi connectivity index (χ4v) is 3.95. The van der Waals surface area contributed by atoms with Gasteiger partial charge in [-0.1, -0.05) is 12.1 Å². The number of halogens is 1. The summed E-state index contributed by atoms with van der Waals surface area (Å²) in [6.45, 7) is 0. The monoisotopic (exact) mass is 384 g/mol. The van der Waals surface area contributed by atoms with E-state index in [0.717, 1.165) is 11.3 Å². The van der Waals surface area contributed by atoms with E-state index in [9.17, 15) is 19.3 Å². The maximum absolute atomic E-state index is 13.2. The SMILES string of the molecule is O=C(Nc1c2c(nn1-c1ccc(F)cc1)CSC2)c1ccccc1[N+](=O)[O-]. The number of nitrogens with zero attached hydrogens (tertiary/aromatic N) is 3. The summed E-state index contributed by atoms with van der Waals surface area (Å²) in [7, 11) is 0. The van der Waals surface area contributed by atoms with E-state index in [2.05, 4.69) is 10.4 Å². The highest BCUT2D eigenvalue weighted by atomic mass is 32.2. The van der Waals surface area contributed by atoms with Crippen molar-refractivity contribution in [3.05, 3.63) is 81.3 Å². The van der Waals surface area contributed by atoms with Crippen molar-refractivity contribution < 1.29 is 14.1 Å². The lowest BCUT2D eigenvalue weighted by Crippen LogP contribution is -2.17. The van der Waals surface area contributed by atoms with Crippen LogP contribution in [0.1, 0.15) is 21.6 Å². The molecule has 0 unspecified atom stereocenters. The first-order valence-electron chi connectivity index (χ1n) is 8.04. The first-order chi connectivity index (χ1) is 13.0. The molecule has 0 radical (unpaired) electrons. The van der Waals surface area contributed by atoms with Gasteiger partial charge in [0.1, 0.15) is 17.2 Å². The topological polar surface area (TPSA) is 90.1 Å². The van der Waals surface area contributed by atoms with Crippen LogP contribution in [0.3, 0.4) is 0 Å². The van der Waals surface area contributed by atoms with E-state index in [1.54, 1.807) is 30.0 Å². The van der Waals surface area contributed by atoms with Crippen molar-refractivity contribution in [3.8, 4) is 5.69 Å². The Morgan fingerprint density at radius 2 is 1.93 bits per heavy atom. The van der Waals surface area contributed by atoms with Crippen LogP contribution in [0.5, 0.6) is 0 Å². The number of nitrogens with one attached hydrogen (secondary N) is 1. The molecule has 0 atom stereocenters. The summed E-state index contributed by atoms with van der Waals surface area (Å²) in [6, 6.07) is 11.5. The number of hydrogen-bond donors (Lipinski definition) is 1. The number of anilines is 1. The van der Waals surface area contributed by atoms with Gasteiger partial charge >= 0.3 is 0 Å². The number of nitro benzene ring substituents is 1. The number of benzene rings is 2. The second-order valence-corrected chi connectivity index (χ2v) is 6.87. The van der Waals surface area contributed by atoms with E-state index >= 15 is 0 Å². The van der Waals surface area contributed by atoms with Crippen LogP contribution >= 0.6 is 11.8 Å². The molecule has 0 spiro atoms. The van der Waals surface area contributed by atoms with Crippen LogP contribution in [0.4, 0.5) is 15.9 Å². The third-order valence-electron chi connectivity index (χ3n) is 4.20. The largest absolute Gasteiger partial charge is 0.306 e. The number of para-hydroxylation sites is 1. The number of aromatic nitrogens is 2. The molecule has 0 aliphatic carbocycles. The van der Waals surface area contributed by atoms with E-state index < -0.39 is 10.8 Å². The minimum atomic E-state index is -0.592. The minimum Gasteiger partial charge on any atom is -0.306 e. The molecule has 1 aliphatic heterocycles. The van der Waals surface area contributed by atoms with Gasteiger partial charge in [0.15, 0.2) is 0 Å². The normalized spacial score (nSPS) is 12.6. The Balaban J connectivity index is 1.75. The van der Waals surface area contributed by atoms with Gasteiger partial charge in [-0.3, -0.25) is 14.9 Å². The van der Waals surface area contributed by atoms with Gasteiger partial charge in [-0.15, -0.1) is 0 Å². The van der Waals surface area contributed by atoms with Crippen LogP contribution in [0, 0.1) is 15.9 Å². The highest BCUT2D eigenvalue weighted by molar-refractivity contribution is 7.98. The zero-order chi connectivity index (χ0) is 19.0. The number of hydrogen-bond acceptors (Lipinski definition) is 5. The molecule has 3 aromatic rings. The number of rotatable bonds is 4. The van der Waals surface area contributed by atoms with Crippen molar-refractivity contribution in [1.29, 1.82) is 0 Å². The number of carbonyl (C=O) groups excluding carboxylic acids is 1. The van der Waals surface area contributed by atoms with Crippen LogP contribution in [-0.2, 0) is 11.5 Å². The number of thioether (sulfide) groups is 1. The van der Waals surface area contributed by atoms with Crippen LogP contribution in [-0.4, -0.2) is 20.6 Å². The van der Waals surface area contributed by atoms with Gasteiger partial charge in [-0.2, -0.15) is 16.9 Å². The fourth-order valence-electron chi connectivity index (χ4n) is 2.91. The van der Waals surface area contributed by atoms with Crippen molar-refractivity contribution in [1.82, 2.24) is 9.78 Å². The molecule has 1 aromatic heterocycles. The van der Waals surface area contributed by atoms with Gasteiger partial charge in [-0.25, -0.2) is 9.07 Å². The summed E-state index contributed by atoms with van der Waals surface area (Å²) in [6.07, 6.45) is 0. The lowest BCUT2D eigenvalue weighted by Gasteiger charge is -2.11. The van der Waals surface area contributed by atoms with Crippen molar-refractivity contribution in [2.24, 2.45) is 0 Å². The van der Waals surface area contributed by atoms with Crippen molar-refractivity contribution in [2.75, 3.05) is 5.32 Å². The molecule has 0 bridgehead atoms. The Kier molecular flexibility index (Phi) is 4.36. The summed E-state index contributed by atoms with van der Waals surface area (Å²) in [5.41, 5.74) is 2.00. The molecule has 2 heterocycles. The van der Waals surface area contributed by atoms with E-state index in [1.165, 1.54) is 35.0 Å². The molecule has 9 heteroatoms. The molecular formula is C18H13FN4O3S. The second kappa shape index (κ2) is 6.84. The maximum Gasteiger partial charge on any atom is 0.282 e. The highest BCUT2D eigenvalue weighted by Gasteiger charge is 2.27. The third kappa shape index (κ3) is 3.17. The molecule has 27 heavy (non-hydrogen) atoms. The number of carbonyl (C=O) groups is 1. The minimum absolute atomic E-state index is 0.0336. The predicted molar refractivity (Wildman–Crippen MR) is 99.6 cm³/mol. The summed E-state index contributed by atoms with van der Waals surface area (Å²) in [5.74, 6) is 0.857. The Morgan fingerprint density at radius 1 is 1.19 bits per heavy atom. The zero-order valence-corrected chi connectivity index (χ0v) is 14.7. The van der Waals surface area contributed by atoms with Crippen LogP contribution in [0.25, 0.3) is 5.69 Å². The number of amides is 1. The molecule has 7 nitrogen and oxygen atoms in total. The Bertz CT molecular complexity index is 1050. The Labute approximate surface area is 157 Å². The number of nitro groups is 1. The Morgan fingerprint density at radius 3 is 2.67 bits per heavy atom. The van der Waals surface area contributed by atoms with E-state index in [0.29, 0.717) is 23.0 Å². The maximum atomic E-state index is 13.2. The smallest absolute Gasteiger partial charge is 0.282 e. The summed E-state index contributed by atoms with van der Waals surface area (Å²) >= 11 is 1.67. The first-order valence-corrected chi connectivity index (χ1v) is 9.19. The van der Waals surface area contributed by atoms with Gasteiger partial charge in [0.05, 0.1) is 16.3 Å². The standard InChI is InChI=1S/C18H13FN4O3S/c19-11-5-7-12(8-6-11)22-17(14-9-27-10-15(14)21-22)20-18(24)13-3-1-2-4-16(13)23(25)26/h1-8H,9-10H2,(H,20,24). The van der Waals surface area contributed by atoms with E-state index in [1.807, 2.05) is 0 Å². The average molecular weight is 384 g/mol. The first kappa shape index (κ1) is 17.2. The lowest BCUT2D eigenvalue weighted by molar-refractivity contribution is -0.385. The van der Waals surface area contributed by atoms with Crippen LogP contribution in [0.15, 0.2) is 48.5 Å². The van der Waals surface area contributed by atoms with Crippen LogP contribution in [0.2, 0.25) is 0 Å². The van der Waals surface area contributed by atoms with Gasteiger partial charge in [0.25, 0.3) is 11.6 Å². The molecular weight excluding hydrogens is 371 g/mol. The molecule has 2 aromatic carbocycles. The van der Waals surface area contributed by atoms with E-state index in [-0.39, 0.29) is 17.1 Å². The summed E-state index contributed by atoms with van der Waals surface area (Å²) in [4.78, 5) is 23.4. The van der Waals surface area contributed by atoms with Crippen LogP contribution < -0.4 is 5.32 Å². The third-order valence-corrected chi connectivity index (χ3v) is 5.17. The van der Waals surface area contributed by atoms with Gasteiger partial charge in [-0.05, 0) is 30.3 Å². The number of fused-ring (bicyclic) bond motifs is 1. The quantitative estimate of drug-likeness (QED) is 0.544. The predicted octanol–water partition coefficient (Wildman–Crippen LogP) is 3.92. The second-order valence-electron chi connectivity index (χ2n) is 5.88. The van der Waals surface area contributed by atoms with Gasteiger partial charge in [0.2, 0.25) is 0 Å². The molecule has 136 valence electrons. The Hall–Kier alpha value is -3.20. The molecule has 1 N–H and O–H groups in total. The molecule has 0 saturated heterocycles. The highest BCUT2D eigenvalue weighted by Crippen LogP contribution is 2.36. The molecule has 1 amide bonds.